The number of nitrogens with zero attached hydrogens (tertiary/aromatic N) is 2. The molecule has 1 aliphatic carbocycles. The molecule has 144 valence electrons. The number of urea groups is 1. The summed E-state index contributed by atoms with van der Waals surface area (Å²) in [5.41, 5.74) is 0. The molecule has 0 aromatic rings. The van der Waals surface area contributed by atoms with Gasteiger partial charge >= 0.3 is 6.03 Å². The van der Waals surface area contributed by atoms with E-state index in [-0.39, 0.29) is 12.1 Å². The number of piperazine rings is 1. The summed E-state index contributed by atoms with van der Waals surface area (Å²) in [7, 11) is 0. The van der Waals surface area contributed by atoms with Crippen molar-refractivity contribution in [2.75, 3.05) is 46.0 Å². The lowest BCUT2D eigenvalue weighted by molar-refractivity contribution is 0.00615. The molecule has 6 heteroatoms. The fourth-order valence-electron chi connectivity index (χ4n) is 4.39. The topological polar surface area (TPSA) is 54.0 Å². The second-order valence-corrected chi connectivity index (χ2v) is 7.74. The Bertz CT molecular complexity index is 409. The van der Waals surface area contributed by atoms with Crippen molar-refractivity contribution in [3.05, 3.63) is 0 Å². The molecule has 0 aromatic heterocycles. The third-order valence-corrected chi connectivity index (χ3v) is 5.91. The first-order valence-electron chi connectivity index (χ1n) is 10.2. The third kappa shape index (κ3) is 5.56. The van der Waals surface area contributed by atoms with Gasteiger partial charge in [-0.05, 0) is 32.6 Å². The number of rotatable bonds is 5. The van der Waals surface area contributed by atoms with Crippen LogP contribution in [-0.2, 0) is 9.47 Å². The van der Waals surface area contributed by atoms with Gasteiger partial charge in [0.25, 0.3) is 0 Å². The summed E-state index contributed by atoms with van der Waals surface area (Å²) in [4.78, 5) is 17.0. The van der Waals surface area contributed by atoms with Gasteiger partial charge in [0.2, 0.25) is 0 Å². The lowest BCUT2D eigenvalue weighted by Crippen LogP contribution is -2.59. The number of ether oxygens (including phenoxy) is 2. The first kappa shape index (κ1) is 18.9. The number of carbonyl (C=O) groups excluding carboxylic acids is 1. The Balaban J connectivity index is 1.33. The van der Waals surface area contributed by atoms with Crippen molar-refractivity contribution in [2.24, 2.45) is 0 Å². The second kappa shape index (κ2) is 9.74. The van der Waals surface area contributed by atoms with Crippen molar-refractivity contribution in [3.63, 3.8) is 0 Å². The molecule has 6 nitrogen and oxygen atoms in total. The molecule has 0 bridgehead atoms. The van der Waals surface area contributed by atoms with Gasteiger partial charge in [-0.2, -0.15) is 0 Å². The van der Waals surface area contributed by atoms with Crippen LogP contribution in [-0.4, -0.2) is 80.0 Å². The third-order valence-electron chi connectivity index (χ3n) is 5.91. The van der Waals surface area contributed by atoms with E-state index in [0.29, 0.717) is 25.3 Å². The molecule has 0 unspecified atom stereocenters. The summed E-state index contributed by atoms with van der Waals surface area (Å²) in [6, 6.07) is 0.951. The molecule has 2 heterocycles. The molecule has 2 amide bonds. The van der Waals surface area contributed by atoms with Crippen molar-refractivity contribution >= 4 is 6.03 Å². The summed E-state index contributed by atoms with van der Waals surface area (Å²) in [5.74, 6) is 0. The highest BCUT2D eigenvalue weighted by Crippen LogP contribution is 2.20. The maximum Gasteiger partial charge on any atom is 0.317 e. The van der Waals surface area contributed by atoms with E-state index in [1.165, 1.54) is 32.1 Å². The molecule has 2 aliphatic heterocycles. The fourth-order valence-corrected chi connectivity index (χ4v) is 4.39. The average molecular weight is 354 g/mol. The monoisotopic (exact) mass is 353 g/mol. The quantitative estimate of drug-likeness (QED) is 0.770. The normalized spacial score (nSPS) is 27.4. The van der Waals surface area contributed by atoms with E-state index in [2.05, 4.69) is 17.1 Å². The van der Waals surface area contributed by atoms with Gasteiger partial charge < -0.3 is 19.7 Å². The fraction of sp³-hybridized carbons (Fsp3) is 0.947. The highest BCUT2D eigenvalue weighted by Gasteiger charge is 2.31. The molecule has 2 saturated heterocycles. The highest BCUT2D eigenvalue weighted by molar-refractivity contribution is 5.74. The van der Waals surface area contributed by atoms with Crippen molar-refractivity contribution in [1.82, 2.24) is 15.1 Å². The molecule has 1 saturated carbocycles. The Labute approximate surface area is 152 Å². The summed E-state index contributed by atoms with van der Waals surface area (Å²) in [6.07, 6.45) is 8.92. The van der Waals surface area contributed by atoms with Crippen LogP contribution < -0.4 is 5.32 Å². The summed E-state index contributed by atoms with van der Waals surface area (Å²) in [6.45, 7) is 7.91. The van der Waals surface area contributed by atoms with Crippen LogP contribution in [0.3, 0.4) is 0 Å². The number of hydrogen-bond acceptors (Lipinski definition) is 4. The Morgan fingerprint density at radius 2 is 1.88 bits per heavy atom. The van der Waals surface area contributed by atoms with Crippen molar-refractivity contribution in [3.8, 4) is 0 Å². The molecule has 3 aliphatic rings. The Morgan fingerprint density at radius 3 is 2.60 bits per heavy atom. The minimum absolute atomic E-state index is 0.0615. The van der Waals surface area contributed by atoms with Crippen LogP contribution in [0.1, 0.15) is 51.9 Å². The summed E-state index contributed by atoms with van der Waals surface area (Å²) < 4.78 is 11.4. The van der Waals surface area contributed by atoms with Gasteiger partial charge in [0.05, 0.1) is 12.7 Å². The van der Waals surface area contributed by atoms with Gasteiger partial charge in [-0.15, -0.1) is 0 Å². The average Bonchev–Trinajstić information content (AvgIpc) is 2.66. The zero-order valence-electron chi connectivity index (χ0n) is 15.8. The molecule has 0 aromatic carbocycles. The number of carbonyl (C=O) groups is 1. The maximum absolute atomic E-state index is 12.5. The van der Waals surface area contributed by atoms with E-state index in [1.54, 1.807) is 0 Å². The first-order chi connectivity index (χ1) is 12.2. The van der Waals surface area contributed by atoms with Crippen LogP contribution >= 0.6 is 0 Å². The molecular weight excluding hydrogens is 318 g/mol. The number of hydrogen-bond donors (Lipinski definition) is 1. The van der Waals surface area contributed by atoms with E-state index in [1.807, 2.05) is 4.90 Å². The zero-order chi connectivity index (χ0) is 17.5. The van der Waals surface area contributed by atoms with Crippen LogP contribution in [0.4, 0.5) is 4.79 Å². The maximum atomic E-state index is 12.5. The van der Waals surface area contributed by atoms with Crippen molar-refractivity contribution in [2.45, 2.75) is 70.1 Å². The molecule has 3 rings (SSSR count). The van der Waals surface area contributed by atoms with Gasteiger partial charge in [-0.25, -0.2) is 4.79 Å². The van der Waals surface area contributed by atoms with E-state index in [4.69, 9.17) is 9.47 Å². The van der Waals surface area contributed by atoms with Crippen LogP contribution in [0.2, 0.25) is 0 Å². The SMILES string of the molecule is C[C@H]1CN(C2CCOCC2)CCN1C(=O)NCCOC1CCCCC1. The van der Waals surface area contributed by atoms with E-state index >= 15 is 0 Å². The van der Waals surface area contributed by atoms with Crippen molar-refractivity contribution < 1.29 is 14.3 Å². The lowest BCUT2D eigenvalue weighted by Gasteiger charge is -2.44. The van der Waals surface area contributed by atoms with Crippen LogP contribution in [0.25, 0.3) is 0 Å². The second-order valence-electron chi connectivity index (χ2n) is 7.74. The molecule has 0 radical (unpaired) electrons. The highest BCUT2D eigenvalue weighted by atomic mass is 16.5. The summed E-state index contributed by atoms with van der Waals surface area (Å²) in [5, 5.41) is 3.04. The number of amides is 2. The van der Waals surface area contributed by atoms with E-state index < -0.39 is 0 Å². The minimum Gasteiger partial charge on any atom is -0.381 e. The van der Waals surface area contributed by atoms with Gasteiger partial charge in [-0.3, -0.25) is 4.90 Å². The van der Waals surface area contributed by atoms with Gasteiger partial charge in [0.1, 0.15) is 0 Å². The summed E-state index contributed by atoms with van der Waals surface area (Å²) >= 11 is 0. The van der Waals surface area contributed by atoms with E-state index in [9.17, 15) is 4.79 Å². The standard InChI is InChI=1S/C19H35N3O3/c1-16-15-21(17-7-12-24-13-8-17)10-11-22(16)19(23)20-9-14-25-18-5-3-2-4-6-18/h16-18H,2-15H2,1H3,(H,20,23)/t16-/m0/s1. The number of nitrogens with one attached hydrogen (secondary N) is 1. The molecule has 1 atom stereocenters. The molecule has 25 heavy (non-hydrogen) atoms. The molecule has 1 N–H and O–H groups in total. The van der Waals surface area contributed by atoms with Crippen LogP contribution in [0, 0.1) is 0 Å². The van der Waals surface area contributed by atoms with Gasteiger partial charge in [0, 0.05) is 51.5 Å². The zero-order valence-corrected chi connectivity index (χ0v) is 15.8. The van der Waals surface area contributed by atoms with Gasteiger partial charge in [0.15, 0.2) is 0 Å². The first-order valence-corrected chi connectivity index (χ1v) is 10.2. The van der Waals surface area contributed by atoms with E-state index in [0.717, 1.165) is 45.7 Å². The molecular formula is C19H35N3O3. The van der Waals surface area contributed by atoms with Gasteiger partial charge in [-0.1, -0.05) is 19.3 Å². The largest absolute Gasteiger partial charge is 0.381 e. The van der Waals surface area contributed by atoms with Crippen LogP contribution in [0.5, 0.6) is 0 Å². The minimum atomic E-state index is 0.0615. The molecule has 3 fully saturated rings. The van der Waals surface area contributed by atoms with Crippen LogP contribution in [0.15, 0.2) is 0 Å². The smallest absolute Gasteiger partial charge is 0.317 e. The van der Waals surface area contributed by atoms with Crippen molar-refractivity contribution in [1.29, 1.82) is 0 Å². The molecule has 0 spiro atoms. The predicted molar refractivity (Wildman–Crippen MR) is 97.8 cm³/mol. The predicted octanol–water partition coefficient (Wildman–Crippen LogP) is 2.23. The lowest BCUT2D eigenvalue weighted by atomic mass is 9.98. The Morgan fingerprint density at radius 1 is 1.12 bits per heavy atom. The Kier molecular flexibility index (Phi) is 7.37. The Hall–Kier alpha value is -0.850.